The van der Waals surface area contributed by atoms with Gasteiger partial charge in [-0.1, -0.05) is 0 Å². The van der Waals surface area contributed by atoms with E-state index in [-0.39, 0.29) is 13.1 Å². The molecule has 0 fully saturated rings. The molecule has 0 aromatic heterocycles. The Morgan fingerprint density at radius 3 is 2.31 bits per heavy atom. The minimum absolute atomic E-state index is 0.196. The fourth-order valence-electron chi connectivity index (χ4n) is 0.744. The van der Waals surface area contributed by atoms with Crippen LogP contribution in [0.1, 0.15) is 0 Å². The fourth-order valence-corrected chi connectivity index (χ4v) is 0.744. The van der Waals surface area contributed by atoms with Gasteiger partial charge in [0.2, 0.25) is 0 Å². The van der Waals surface area contributed by atoms with Crippen molar-refractivity contribution in [2.45, 2.75) is 6.10 Å². The van der Waals surface area contributed by atoms with Crippen molar-refractivity contribution in [1.29, 1.82) is 0 Å². The zero-order valence-corrected chi connectivity index (χ0v) is 8.98. The highest BCUT2D eigenvalue weighted by Crippen LogP contribution is 1.87. The van der Waals surface area contributed by atoms with Gasteiger partial charge in [0, 0.05) is 7.11 Å². The van der Waals surface area contributed by atoms with E-state index in [0.717, 1.165) is 0 Å². The minimum Gasteiger partial charge on any atom is -0.479 e. The van der Waals surface area contributed by atoms with Crippen molar-refractivity contribution < 1.29 is 29.0 Å². The molecular formula is C8H14N2O6. The van der Waals surface area contributed by atoms with Crippen LogP contribution in [-0.2, 0) is 19.1 Å². The molecule has 0 aromatic carbocycles. The van der Waals surface area contributed by atoms with Crippen LogP contribution in [0.4, 0.5) is 4.79 Å². The van der Waals surface area contributed by atoms with Crippen molar-refractivity contribution in [2.75, 3.05) is 27.3 Å². The summed E-state index contributed by atoms with van der Waals surface area (Å²) in [5.74, 6) is -1.78. The van der Waals surface area contributed by atoms with Crippen LogP contribution in [-0.4, -0.2) is 56.5 Å². The first-order chi connectivity index (χ1) is 7.51. The number of nitrogens with one attached hydrogen (secondary N) is 2. The number of hydrogen-bond donors (Lipinski definition) is 3. The summed E-state index contributed by atoms with van der Waals surface area (Å²) in [6.45, 7) is -0.480. The summed E-state index contributed by atoms with van der Waals surface area (Å²) in [4.78, 5) is 32.1. The van der Waals surface area contributed by atoms with E-state index in [1.807, 2.05) is 0 Å². The van der Waals surface area contributed by atoms with Gasteiger partial charge < -0.3 is 25.2 Å². The topological polar surface area (TPSA) is 114 Å². The molecule has 0 aliphatic rings. The Labute approximate surface area is 91.9 Å². The number of carbonyl (C=O) groups excluding carboxylic acids is 2. The molecule has 2 amide bonds. The van der Waals surface area contributed by atoms with E-state index < -0.39 is 24.1 Å². The quantitative estimate of drug-likeness (QED) is 0.485. The summed E-state index contributed by atoms with van der Waals surface area (Å²) in [6, 6.07) is -0.672. The number of aliphatic carboxylic acids is 1. The van der Waals surface area contributed by atoms with E-state index >= 15 is 0 Å². The third-order valence-electron chi connectivity index (χ3n) is 1.63. The highest BCUT2D eigenvalue weighted by molar-refractivity contribution is 5.81. The van der Waals surface area contributed by atoms with Crippen LogP contribution in [0.25, 0.3) is 0 Å². The fraction of sp³-hybridized carbons (Fsp3) is 0.625. The van der Waals surface area contributed by atoms with Crippen molar-refractivity contribution in [3.63, 3.8) is 0 Å². The van der Waals surface area contributed by atoms with E-state index in [1.165, 1.54) is 14.2 Å². The van der Waals surface area contributed by atoms with Crippen LogP contribution >= 0.6 is 0 Å². The summed E-state index contributed by atoms with van der Waals surface area (Å²) in [7, 11) is 2.40. The molecule has 8 nitrogen and oxygen atoms in total. The van der Waals surface area contributed by atoms with Gasteiger partial charge in [-0.15, -0.1) is 0 Å². The lowest BCUT2D eigenvalue weighted by Gasteiger charge is -2.11. The van der Waals surface area contributed by atoms with Crippen molar-refractivity contribution >= 4 is 18.0 Å². The number of rotatable bonds is 6. The van der Waals surface area contributed by atoms with Gasteiger partial charge in [0.15, 0.2) is 6.10 Å². The van der Waals surface area contributed by atoms with Crippen LogP contribution in [0.2, 0.25) is 0 Å². The Morgan fingerprint density at radius 1 is 1.25 bits per heavy atom. The second-order valence-corrected chi connectivity index (χ2v) is 2.70. The second kappa shape index (κ2) is 7.46. The molecular weight excluding hydrogens is 220 g/mol. The van der Waals surface area contributed by atoms with Gasteiger partial charge in [-0.3, -0.25) is 4.79 Å². The number of methoxy groups -OCH3 is 2. The highest BCUT2D eigenvalue weighted by Gasteiger charge is 2.17. The van der Waals surface area contributed by atoms with Crippen molar-refractivity contribution in [3.05, 3.63) is 0 Å². The van der Waals surface area contributed by atoms with Crippen LogP contribution in [0, 0.1) is 0 Å². The Hall–Kier alpha value is -1.83. The van der Waals surface area contributed by atoms with Gasteiger partial charge in [-0.25, -0.2) is 9.59 Å². The number of ether oxygens (including phenoxy) is 2. The maximum absolute atomic E-state index is 11.0. The van der Waals surface area contributed by atoms with Crippen LogP contribution < -0.4 is 10.6 Å². The molecule has 92 valence electrons. The molecule has 0 heterocycles. The third kappa shape index (κ3) is 5.81. The lowest BCUT2D eigenvalue weighted by Crippen LogP contribution is -2.44. The zero-order valence-electron chi connectivity index (χ0n) is 8.98. The Balaban J connectivity index is 3.80. The predicted molar refractivity (Wildman–Crippen MR) is 51.9 cm³/mol. The predicted octanol–water partition coefficient (Wildman–Crippen LogP) is -1.44. The lowest BCUT2D eigenvalue weighted by molar-refractivity contribution is -0.148. The maximum Gasteiger partial charge on any atom is 0.334 e. The molecule has 0 aromatic rings. The maximum atomic E-state index is 11.0. The van der Waals surface area contributed by atoms with E-state index in [4.69, 9.17) is 5.11 Å². The number of esters is 1. The van der Waals surface area contributed by atoms with E-state index in [0.29, 0.717) is 0 Å². The minimum atomic E-state index is -1.18. The molecule has 0 saturated heterocycles. The van der Waals surface area contributed by atoms with Gasteiger partial charge in [-0.2, -0.15) is 0 Å². The lowest BCUT2D eigenvalue weighted by atomic mass is 10.3. The molecule has 3 N–H and O–H groups in total. The second-order valence-electron chi connectivity index (χ2n) is 2.70. The summed E-state index contributed by atoms with van der Waals surface area (Å²) in [6.07, 6.45) is -1.12. The standard InChI is InChI=1S/C8H14N2O6/c1-15-5(7(12)13)3-9-8(14)10-4-6(11)16-2/h5H,3-4H2,1-2H3,(H,12,13)(H2,9,10,14). The monoisotopic (exact) mass is 234 g/mol. The Bertz CT molecular complexity index is 267. The summed E-state index contributed by atoms with van der Waals surface area (Å²) in [5.41, 5.74) is 0. The molecule has 0 saturated carbocycles. The highest BCUT2D eigenvalue weighted by atomic mass is 16.5. The van der Waals surface area contributed by atoms with Gasteiger partial charge in [-0.05, 0) is 0 Å². The van der Waals surface area contributed by atoms with Crippen molar-refractivity contribution in [3.8, 4) is 0 Å². The number of carbonyl (C=O) groups is 3. The van der Waals surface area contributed by atoms with Crippen LogP contribution in [0.15, 0.2) is 0 Å². The molecule has 16 heavy (non-hydrogen) atoms. The Morgan fingerprint density at radius 2 is 1.88 bits per heavy atom. The molecule has 1 atom stereocenters. The first kappa shape index (κ1) is 14.2. The SMILES string of the molecule is COC(=O)CNC(=O)NCC(OC)C(=O)O. The number of carboxylic acid groups (broad SMARTS) is 1. The van der Waals surface area contributed by atoms with Gasteiger partial charge in [0.25, 0.3) is 0 Å². The summed E-state index contributed by atoms with van der Waals surface area (Å²) >= 11 is 0. The van der Waals surface area contributed by atoms with E-state index in [1.54, 1.807) is 0 Å². The normalized spacial score (nSPS) is 11.4. The average Bonchev–Trinajstić information content (AvgIpc) is 2.26. The molecule has 0 spiro atoms. The number of carboxylic acids is 1. The van der Waals surface area contributed by atoms with Gasteiger partial charge in [0.05, 0.1) is 13.7 Å². The number of hydrogen-bond acceptors (Lipinski definition) is 5. The average molecular weight is 234 g/mol. The van der Waals surface area contributed by atoms with Crippen LogP contribution in [0.3, 0.4) is 0 Å². The van der Waals surface area contributed by atoms with Crippen molar-refractivity contribution in [1.82, 2.24) is 10.6 Å². The molecule has 0 aliphatic carbocycles. The first-order valence-corrected chi connectivity index (χ1v) is 4.35. The molecule has 0 bridgehead atoms. The number of amides is 2. The first-order valence-electron chi connectivity index (χ1n) is 4.35. The molecule has 0 radical (unpaired) electrons. The summed E-state index contributed by atoms with van der Waals surface area (Å²) < 4.78 is 8.86. The molecule has 0 rings (SSSR count). The smallest absolute Gasteiger partial charge is 0.334 e. The largest absolute Gasteiger partial charge is 0.479 e. The number of urea groups is 1. The molecule has 1 unspecified atom stereocenters. The Kier molecular flexibility index (Phi) is 6.61. The zero-order chi connectivity index (χ0) is 12.6. The van der Waals surface area contributed by atoms with Gasteiger partial charge in [0.1, 0.15) is 6.54 Å². The molecule has 8 heteroatoms. The van der Waals surface area contributed by atoms with Crippen LogP contribution in [0.5, 0.6) is 0 Å². The molecule has 0 aliphatic heterocycles. The third-order valence-corrected chi connectivity index (χ3v) is 1.63. The summed E-state index contributed by atoms with van der Waals surface area (Å²) in [5, 5.41) is 13.0. The van der Waals surface area contributed by atoms with E-state index in [2.05, 4.69) is 20.1 Å². The van der Waals surface area contributed by atoms with E-state index in [9.17, 15) is 14.4 Å². The van der Waals surface area contributed by atoms with Gasteiger partial charge >= 0.3 is 18.0 Å². The van der Waals surface area contributed by atoms with Crippen molar-refractivity contribution in [2.24, 2.45) is 0 Å².